The largest absolute Gasteiger partial charge is 0.465 e. The average molecular weight is 723 g/mol. The lowest BCUT2D eigenvalue weighted by molar-refractivity contribution is -0.175. The fraction of sp³-hybridized carbons (Fsp3) is 0.643. The highest BCUT2D eigenvalue weighted by Gasteiger charge is 2.56. The van der Waals surface area contributed by atoms with Crippen LogP contribution in [-0.4, -0.2) is 67.0 Å². The molecule has 282 valence electrons. The molecule has 9 heteroatoms. The molecular formula is C42H62O8Si. The van der Waals surface area contributed by atoms with Crippen LogP contribution in [0, 0.1) is 11.3 Å². The van der Waals surface area contributed by atoms with Gasteiger partial charge in [-0.1, -0.05) is 81.4 Å². The summed E-state index contributed by atoms with van der Waals surface area (Å²) in [6, 6.07) is 20.1. The minimum Gasteiger partial charge on any atom is -0.465 e. The summed E-state index contributed by atoms with van der Waals surface area (Å²) in [6.45, 7) is 17.5. The maximum atomic E-state index is 13.1. The van der Waals surface area contributed by atoms with Gasteiger partial charge in [0.2, 0.25) is 0 Å². The standard InChI is InChI=1S/C42H62O8Si/c1-30(35(43)28-37(44)50-40(5,6)7)27-31-22-23-36-42(49-31,29-32(48-36)17-16-26-47-38(45)39(2,3)4)25-24-41(8,9)51(46,33-18-12-10-13-19-33)34-20-14-11-15-21-34/h10-15,18-21,30-32,36,46H,16-17,22-29H2,1-9H3/t30-,31?,32+,36?,42?/m1/s1. The van der Waals surface area contributed by atoms with Gasteiger partial charge in [-0.25, -0.2) is 0 Å². The predicted octanol–water partition coefficient (Wildman–Crippen LogP) is 7.07. The molecule has 8 nitrogen and oxygen atoms in total. The second kappa shape index (κ2) is 16.4. The minimum atomic E-state index is -3.25. The van der Waals surface area contributed by atoms with Crippen LogP contribution in [0.2, 0.25) is 5.04 Å². The summed E-state index contributed by atoms with van der Waals surface area (Å²) in [5, 5.41) is 1.47. The molecule has 0 radical (unpaired) electrons. The molecular weight excluding hydrogens is 661 g/mol. The Bertz CT molecular complexity index is 1420. The highest BCUT2D eigenvalue weighted by atomic mass is 28.4. The van der Waals surface area contributed by atoms with E-state index in [1.54, 1.807) is 20.8 Å². The zero-order valence-corrected chi connectivity index (χ0v) is 33.5. The lowest BCUT2D eigenvalue weighted by Crippen LogP contribution is -2.65. The molecule has 0 aromatic heterocycles. The maximum absolute atomic E-state index is 13.1. The van der Waals surface area contributed by atoms with Crippen LogP contribution in [0.25, 0.3) is 0 Å². The third kappa shape index (κ3) is 10.4. The minimum absolute atomic E-state index is 0.0594. The van der Waals surface area contributed by atoms with E-state index >= 15 is 0 Å². The summed E-state index contributed by atoms with van der Waals surface area (Å²) in [4.78, 5) is 50.8. The van der Waals surface area contributed by atoms with Gasteiger partial charge < -0.3 is 23.7 Å². The van der Waals surface area contributed by atoms with Crippen molar-refractivity contribution in [2.75, 3.05) is 6.61 Å². The molecule has 1 N–H and O–H groups in total. The van der Waals surface area contributed by atoms with Crippen molar-refractivity contribution in [1.82, 2.24) is 0 Å². The fourth-order valence-electron chi connectivity index (χ4n) is 7.69. The van der Waals surface area contributed by atoms with E-state index in [0.717, 1.165) is 29.6 Å². The Hall–Kier alpha value is -2.85. The number of ketones is 1. The van der Waals surface area contributed by atoms with Gasteiger partial charge in [-0.2, -0.15) is 0 Å². The van der Waals surface area contributed by atoms with Crippen LogP contribution in [0.3, 0.4) is 0 Å². The van der Waals surface area contributed by atoms with Gasteiger partial charge in [0.1, 0.15) is 17.8 Å². The summed E-state index contributed by atoms with van der Waals surface area (Å²) in [5.74, 6) is -1.22. The van der Waals surface area contributed by atoms with Crippen molar-refractivity contribution >= 4 is 36.4 Å². The van der Waals surface area contributed by atoms with E-state index in [1.807, 2.05) is 88.4 Å². The van der Waals surface area contributed by atoms with Crippen LogP contribution in [0.1, 0.15) is 120 Å². The van der Waals surface area contributed by atoms with Gasteiger partial charge >= 0.3 is 11.9 Å². The van der Waals surface area contributed by atoms with Gasteiger partial charge in [-0.15, -0.1) is 0 Å². The summed E-state index contributed by atoms with van der Waals surface area (Å²) < 4.78 is 24.8. The number of hydrogen-bond acceptors (Lipinski definition) is 8. The highest BCUT2D eigenvalue weighted by Crippen LogP contribution is 2.50. The van der Waals surface area contributed by atoms with Gasteiger partial charge in [0.05, 0.1) is 35.9 Å². The van der Waals surface area contributed by atoms with Gasteiger partial charge in [0, 0.05) is 12.3 Å². The van der Waals surface area contributed by atoms with Gasteiger partial charge in [-0.3, -0.25) is 14.4 Å². The van der Waals surface area contributed by atoms with Crippen molar-refractivity contribution in [3.63, 3.8) is 0 Å². The second-order valence-corrected chi connectivity index (χ2v) is 21.5. The van der Waals surface area contributed by atoms with E-state index in [-0.39, 0.29) is 42.4 Å². The van der Waals surface area contributed by atoms with E-state index in [0.29, 0.717) is 38.7 Å². The average Bonchev–Trinajstić information content (AvgIpc) is 3.42. The van der Waals surface area contributed by atoms with Crippen LogP contribution in [-0.2, 0) is 33.3 Å². The Balaban J connectivity index is 1.53. The van der Waals surface area contributed by atoms with Gasteiger partial charge in [-0.05, 0) is 102 Å². The Morgan fingerprint density at radius 3 is 2.04 bits per heavy atom. The Morgan fingerprint density at radius 1 is 0.902 bits per heavy atom. The highest BCUT2D eigenvalue weighted by molar-refractivity contribution is 6.98. The number of hydrogen-bond donors (Lipinski definition) is 1. The van der Waals surface area contributed by atoms with E-state index in [9.17, 15) is 19.2 Å². The van der Waals surface area contributed by atoms with Gasteiger partial charge in [0.15, 0.2) is 0 Å². The molecule has 2 aromatic carbocycles. The predicted molar refractivity (Wildman–Crippen MR) is 202 cm³/mol. The number of carbonyl (C=O) groups excluding carboxylic acids is 3. The normalized spacial score (nSPS) is 23.3. The quantitative estimate of drug-likeness (QED) is 0.0901. The third-order valence-electron chi connectivity index (χ3n) is 10.6. The van der Waals surface area contributed by atoms with Crippen LogP contribution in [0.4, 0.5) is 0 Å². The number of rotatable bonds is 15. The third-order valence-corrected chi connectivity index (χ3v) is 15.2. The van der Waals surface area contributed by atoms with E-state index in [1.165, 1.54) is 0 Å². The van der Waals surface area contributed by atoms with Gasteiger partial charge in [0.25, 0.3) is 8.32 Å². The molecule has 0 aliphatic carbocycles. The molecule has 2 heterocycles. The molecule has 2 aliphatic rings. The van der Waals surface area contributed by atoms with E-state index in [4.69, 9.17) is 18.9 Å². The maximum Gasteiger partial charge on any atom is 0.313 e. The first-order chi connectivity index (χ1) is 23.8. The number of ether oxygens (including phenoxy) is 4. The molecule has 2 aliphatic heterocycles. The Morgan fingerprint density at radius 2 is 1.49 bits per heavy atom. The Kier molecular flexibility index (Phi) is 13.2. The van der Waals surface area contributed by atoms with Crippen molar-refractivity contribution in [2.45, 2.75) is 155 Å². The lowest BCUT2D eigenvalue weighted by Gasteiger charge is -2.46. The molecule has 0 bridgehead atoms. The topological polar surface area (TPSA) is 108 Å². The zero-order chi connectivity index (χ0) is 37.7. The number of benzene rings is 2. The summed E-state index contributed by atoms with van der Waals surface area (Å²) in [5.41, 5.74) is -1.79. The first-order valence-corrected chi connectivity index (χ1v) is 20.8. The first kappa shape index (κ1) is 40.9. The van der Waals surface area contributed by atoms with Crippen LogP contribution in [0.15, 0.2) is 60.7 Å². The molecule has 0 amide bonds. The lowest BCUT2D eigenvalue weighted by atomic mass is 9.80. The summed E-state index contributed by atoms with van der Waals surface area (Å²) in [7, 11) is -3.25. The molecule has 4 rings (SSSR count). The molecule has 5 atom stereocenters. The molecule has 0 saturated carbocycles. The molecule has 3 unspecified atom stereocenters. The first-order valence-electron chi connectivity index (χ1n) is 18.8. The summed E-state index contributed by atoms with van der Waals surface area (Å²) >= 11 is 0. The number of fused-ring (bicyclic) bond motifs is 1. The summed E-state index contributed by atoms with van der Waals surface area (Å²) in [6.07, 6.45) is 4.97. The zero-order valence-electron chi connectivity index (χ0n) is 32.5. The number of esters is 2. The SMILES string of the molecule is C[C@H](CC1CCC2O[C@@H](CCCOC(=O)C(C)(C)C)CC2(CCC(C)(C)[Si](O)(c2ccccc2)c2ccccc2)O1)C(=O)CC(=O)OC(C)(C)C. The van der Waals surface area contributed by atoms with Crippen molar-refractivity contribution in [1.29, 1.82) is 0 Å². The van der Waals surface area contributed by atoms with Crippen molar-refractivity contribution in [3.05, 3.63) is 60.7 Å². The smallest absolute Gasteiger partial charge is 0.313 e. The van der Waals surface area contributed by atoms with Crippen LogP contribution in [0.5, 0.6) is 0 Å². The molecule has 51 heavy (non-hydrogen) atoms. The fourth-order valence-corrected chi connectivity index (χ4v) is 11.4. The molecule has 0 spiro atoms. The van der Waals surface area contributed by atoms with Crippen LogP contribution >= 0.6 is 0 Å². The second-order valence-electron chi connectivity index (χ2n) is 17.6. The van der Waals surface area contributed by atoms with E-state index < -0.39 is 35.9 Å². The molecule has 2 saturated heterocycles. The van der Waals surface area contributed by atoms with Crippen molar-refractivity contribution in [2.24, 2.45) is 11.3 Å². The number of carbonyl (C=O) groups is 3. The molecule has 2 aromatic rings. The Labute approximate surface area is 307 Å². The van der Waals surface area contributed by atoms with E-state index in [2.05, 4.69) is 13.8 Å². The van der Waals surface area contributed by atoms with Crippen molar-refractivity contribution < 1.29 is 38.1 Å². The monoisotopic (exact) mass is 722 g/mol. The molecule has 2 fully saturated rings. The van der Waals surface area contributed by atoms with Crippen LogP contribution < -0.4 is 10.4 Å². The number of Topliss-reactive ketones (excluding diaryl/α,β-unsaturated/α-hetero) is 1. The van der Waals surface area contributed by atoms with Crippen molar-refractivity contribution in [3.8, 4) is 0 Å².